The Kier molecular flexibility index (Phi) is 7.32. The van der Waals surface area contributed by atoms with Crippen LogP contribution in [0.1, 0.15) is 41.8 Å². The van der Waals surface area contributed by atoms with E-state index in [-0.39, 0.29) is 5.60 Å². The molecule has 1 spiro atoms. The van der Waals surface area contributed by atoms with Gasteiger partial charge >= 0.3 is 0 Å². The number of rotatable bonds is 8. The van der Waals surface area contributed by atoms with E-state index in [4.69, 9.17) is 14.2 Å². The van der Waals surface area contributed by atoms with Gasteiger partial charge in [-0.15, -0.1) is 11.3 Å². The van der Waals surface area contributed by atoms with Gasteiger partial charge in [-0.3, -0.25) is 4.90 Å². The van der Waals surface area contributed by atoms with Crippen molar-refractivity contribution in [2.45, 2.75) is 57.5 Å². The number of nitrogens with zero attached hydrogens (tertiary/aromatic N) is 2. The molecule has 158 valence electrons. The van der Waals surface area contributed by atoms with E-state index in [0.717, 1.165) is 51.9 Å². The summed E-state index contributed by atoms with van der Waals surface area (Å²) in [6.45, 7) is 8.05. The van der Waals surface area contributed by atoms with Gasteiger partial charge in [-0.25, -0.2) is 4.98 Å². The maximum Gasteiger partial charge on any atom is 0.0798 e. The van der Waals surface area contributed by atoms with Crippen molar-refractivity contribution in [2.75, 3.05) is 32.9 Å². The van der Waals surface area contributed by atoms with E-state index in [1.54, 1.807) is 11.3 Å². The molecule has 1 aromatic carbocycles. The van der Waals surface area contributed by atoms with Gasteiger partial charge in [0.15, 0.2) is 0 Å². The van der Waals surface area contributed by atoms with Gasteiger partial charge in [-0.05, 0) is 31.7 Å². The Hall–Kier alpha value is -1.31. The Balaban J connectivity index is 1.16. The fourth-order valence-corrected chi connectivity index (χ4v) is 5.13. The van der Waals surface area contributed by atoms with Gasteiger partial charge in [-0.1, -0.05) is 30.3 Å². The van der Waals surface area contributed by atoms with Gasteiger partial charge in [0.25, 0.3) is 0 Å². The number of aromatic nitrogens is 1. The first kappa shape index (κ1) is 20.9. The summed E-state index contributed by atoms with van der Waals surface area (Å²) in [5, 5.41) is 0. The normalized spacial score (nSPS) is 22.2. The van der Waals surface area contributed by atoms with Crippen molar-refractivity contribution in [2.24, 2.45) is 0 Å². The van der Waals surface area contributed by atoms with Crippen LogP contribution in [0.15, 0.2) is 35.8 Å². The highest BCUT2D eigenvalue weighted by atomic mass is 32.1. The molecule has 4 rings (SSSR count). The number of benzene rings is 1. The molecule has 0 N–H and O–H groups in total. The highest BCUT2D eigenvalue weighted by molar-refractivity contribution is 7.09. The van der Waals surface area contributed by atoms with Crippen LogP contribution in [0.5, 0.6) is 0 Å². The van der Waals surface area contributed by atoms with Crippen molar-refractivity contribution in [3.63, 3.8) is 0 Å². The van der Waals surface area contributed by atoms with Crippen LogP contribution in [0.25, 0.3) is 0 Å². The Morgan fingerprint density at radius 3 is 2.79 bits per heavy atom. The van der Waals surface area contributed by atoms with E-state index in [9.17, 15) is 0 Å². The minimum atomic E-state index is 0.00700. The van der Waals surface area contributed by atoms with Gasteiger partial charge < -0.3 is 14.2 Å². The Bertz CT molecular complexity index is 744. The van der Waals surface area contributed by atoms with Crippen molar-refractivity contribution in [1.29, 1.82) is 0 Å². The fourth-order valence-electron chi connectivity index (χ4n) is 4.31. The lowest BCUT2D eigenvalue weighted by Gasteiger charge is -2.46. The molecule has 6 heteroatoms. The molecule has 2 aliphatic rings. The number of hydrogen-bond donors (Lipinski definition) is 0. The molecule has 1 atom stereocenters. The zero-order chi connectivity index (χ0) is 19.9. The average molecular weight is 417 g/mol. The molecule has 29 heavy (non-hydrogen) atoms. The van der Waals surface area contributed by atoms with Gasteiger partial charge in [-0.2, -0.15) is 0 Å². The van der Waals surface area contributed by atoms with E-state index in [2.05, 4.69) is 28.9 Å². The molecule has 2 aromatic rings. The van der Waals surface area contributed by atoms with Crippen molar-refractivity contribution in [3.8, 4) is 0 Å². The SMILES string of the molecule is Cc1ncsc1CN1CCC2(CC1)CC(OCCOCc1ccccc1)CCO2. The molecule has 5 nitrogen and oxygen atoms in total. The van der Waals surface area contributed by atoms with E-state index < -0.39 is 0 Å². The average Bonchev–Trinajstić information content (AvgIpc) is 3.15. The number of likely N-dealkylation sites (tertiary alicyclic amines) is 1. The lowest BCUT2D eigenvalue weighted by Crippen LogP contribution is -2.50. The smallest absolute Gasteiger partial charge is 0.0798 e. The zero-order valence-electron chi connectivity index (χ0n) is 17.3. The van der Waals surface area contributed by atoms with E-state index >= 15 is 0 Å². The summed E-state index contributed by atoms with van der Waals surface area (Å²) in [5.74, 6) is 0. The first-order chi connectivity index (χ1) is 14.2. The van der Waals surface area contributed by atoms with Crippen molar-refractivity contribution >= 4 is 11.3 Å². The van der Waals surface area contributed by atoms with Crippen LogP contribution in [-0.4, -0.2) is 54.5 Å². The van der Waals surface area contributed by atoms with Crippen LogP contribution in [0.4, 0.5) is 0 Å². The molecule has 1 aromatic heterocycles. The van der Waals surface area contributed by atoms with Crippen molar-refractivity contribution in [1.82, 2.24) is 9.88 Å². The number of aryl methyl sites for hydroxylation is 1. The van der Waals surface area contributed by atoms with Crippen LogP contribution in [0, 0.1) is 6.92 Å². The van der Waals surface area contributed by atoms with Gasteiger partial charge in [0.2, 0.25) is 0 Å². The third-order valence-electron chi connectivity index (χ3n) is 6.12. The van der Waals surface area contributed by atoms with E-state index in [1.165, 1.54) is 16.1 Å². The second-order valence-electron chi connectivity index (χ2n) is 8.19. The Morgan fingerprint density at radius 2 is 2.03 bits per heavy atom. The monoisotopic (exact) mass is 416 g/mol. The van der Waals surface area contributed by atoms with Crippen LogP contribution in [0.3, 0.4) is 0 Å². The summed E-state index contributed by atoms with van der Waals surface area (Å²) < 4.78 is 18.2. The highest BCUT2D eigenvalue weighted by Gasteiger charge is 2.40. The van der Waals surface area contributed by atoms with Crippen molar-refractivity contribution in [3.05, 3.63) is 52.0 Å². The number of piperidine rings is 1. The summed E-state index contributed by atoms with van der Waals surface area (Å²) in [7, 11) is 0. The summed E-state index contributed by atoms with van der Waals surface area (Å²) in [4.78, 5) is 8.30. The quantitative estimate of drug-likeness (QED) is 0.604. The zero-order valence-corrected chi connectivity index (χ0v) is 18.2. The highest BCUT2D eigenvalue weighted by Crippen LogP contribution is 2.36. The molecule has 2 aliphatic heterocycles. The van der Waals surface area contributed by atoms with Crippen LogP contribution in [-0.2, 0) is 27.4 Å². The maximum absolute atomic E-state index is 6.28. The molecule has 0 aliphatic carbocycles. The molecule has 0 bridgehead atoms. The largest absolute Gasteiger partial charge is 0.376 e. The molecular formula is C23H32N2O3S. The van der Waals surface area contributed by atoms with Crippen molar-refractivity contribution < 1.29 is 14.2 Å². The second kappa shape index (κ2) is 10.1. The lowest BCUT2D eigenvalue weighted by molar-refractivity contribution is -0.158. The Morgan fingerprint density at radius 1 is 1.21 bits per heavy atom. The molecule has 0 amide bonds. The number of ether oxygens (including phenoxy) is 3. The van der Waals surface area contributed by atoms with Gasteiger partial charge in [0.1, 0.15) is 0 Å². The van der Waals surface area contributed by atoms with Crippen LogP contribution >= 0.6 is 11.3 Å². The topological polar surface area (TPSA) is 43.8 Å². The van der Waals surface area contributed by atoms with Crippen LogP contribution in [0.2, 0.25) is 0 Å². The minimum absolute atomic E-state index is 0.00700. The summed E-state index contributed by atoms with van der Waals surface area (Å²) in [6, 6.07) is 10.3. The first-order valence-electron chi connectivity index (χ1n) is 10.7. The third kappa shape index (κ3) is 5.86. The number of hydrogen-bond acceptors (Lipinski definition) is 6. The molecule has 0 radical (unpaired) electrons. The molecule has 2 fully saturated rings. The van der Waals surface area contributed by atoms with E-state index in [1.807, 2.05) is 23.7 Å². The summed E-state index contributed by atoms with van der Waals surface area (Å²) in [5.41, 5.74) is 4.34. The fraction of sp³-hybridized carbons (Fsp3) is 0.609. The maximum atomic E-state index is 6.28. The molecule has 1 unspecified atom stereocenters. The lowest BCUT2D eigenvalue weighted by atomic mass is 9.83. The van der Waals surface area contributed by atoms with E-state index in [0.29, 0.717) is 25.9 Å². The molecule has 2 saturated heterocycles. The molecule has 3 heterocycles. The molecular weight excluding hydrogens is 384 g/mol. The predicted octanol–water partition coefficient (Wildman–Crippen LogP) is 4.20. The summed E-state index contributed by atoms with van der Waals surface area (Å²) >= 11 is 1.77. The first-order valence-corrected chi connectivity index (χ1v) is 11.6. The minimum Gasteiger partial charge on any atom is -0.376 e. The summed E-state index contributed by atoms with van der Waals surface area (Å²) in [6.07, 6.45) is 4.48. The third-order valence-corrected chi connectivity index (χ3v) is 7.04. The molecule has 0 saturated carbocycles. The standard InChI is InChI=1S/C23H32N2O3S/c1-19-22(29-18-24-19)16-25-10-8-23(9-11-25)15-21(7-12-28-23)27-14-13-26-17-20-5-3-2-4-6-20/h2-6,18,21H,7-17H2,1H3. The van der Waals surface area contributed by atoms with Gasteiger partial charge in [0, 0.05) is 37.5 Å². The predicted molar refractivity (Wildman–Crippen MR) is 115 cm³/mol. The van der Waals surface area contributed by atoms with Gasteiger partial charge in [0.05, 0.1) is 42.7 Å². The number of thiazole rings is 1. The Labute approximate surface area is 178 Å². The van der Waals surface area contributed by atoms with Crippen LogP contribution < -0.4 is 0 Å². The second-order valence-corrected chi connectivity index (χ2v) is 9.13.